The molecule has 1 N–H and O–H groups in total. The second-order valence-corrected chi connectivity index (χ2v) is 6.44. The van der Waals surface area contributed by atoms with Crippen LogP contribution >= 0.6 is 11.6 Å². The van der Waals surface area contributed by atoms with Crippen molar-refractivity contribution in [3.05, 3.63) is 44.9 Å². The fraction of sp³-hybridized carbons (Fsp3) is 0.500. The van der Waals surface area contributed by atoms with Gasteiger partial charge in [0.1, 0.15) is 11.6 Å². The zero-order chi connectivity index (χ0) is 17.1. The number of aromatic amines is 1. The highest BCUT2D eigenvalue weighted by atomic mass is 35.5. The molecular weight excluding hydrogens is 332 g/mol. The van der Waals surface area contributed by atoms with Crippen LogP contribution in [-0.4, -0.2) is 39.0 Å². The van der Waals surface area contributed by atoms with Gasteiger partial charge in [-0.15, -0.1) is 0 Å². The lowest BCUT2D eigenvalue weighted by molar-refractivity contribution is -0.132. The summed E-state index contributed by atoms with van der Waals surface area (Å²) in [6.07, 6.45) is 2.65. The molecule has 2 aromatic heterocycles. The Morgan fingerprint density at radius 2 is 2.33 bits per heavy atom. The average Bonchev–Trinajstić information content (AvgIpc) is 2.97. The number of rotatable bonds is 4. The quantitative estimate of drug-likeness (QED) is 0.911. The highest BCUT2D eigenvalue weighted by Gasteiger charge is 2.26. The number of likely N-dealkylation sites (tertiary alicyclic amines) is 1. The number of aryl methyl sites for hydroxylation is 2. The Hall–Kier alpha value is -2.15. The minimum Gasteiger partial charge on any atom is -0.360 e. The highest BCUT2D eigenvalue weighted by molar-refractivity contribution is 6.29. The van der Waals surface area contributed by atoms with E-state index in [1.807, 2.05) is 4.90 Å². The standard InChI is InChI=1S/C16H19ClN4O3/c1-10-18-13(8-15(22)19-10)11-3-2-6-21(9-11)16(23)5-4-12-7-14(17)20-24-12/h7-8,11H,2-6,9H2,1H3,(H,18,19,22)/t11-/m1/s1. The second-order valence-electron chi connectivity index (χ2n) is 6.05. The van der Waals surface area contributed by atoms with Crippen molar-refractivity contribution in [2.24, 2.45) is 0 Å². The summed E-state index contributed by atoms with van der Waals surface area (Å²) in [6, 6.07) is 3.15. The predicted molar refractivity (Wildman–Crippen MR) is 88.0 cm³/mol. The SMILES string of the molecule is Cc1nc([C@@H]2CCCN(C(=O)CCc3cc(Cl)no3)C2)cc(=O)[nH]1. The molecule has 3 heterocycles. The number of nitrogens with zero attached hydrogens (tertiary/aromatic N) is 3. The fourth-order valence-electron chi connectivity index (χ4n) is 3.05. The van der Waals surface area contributed by atoms with Crippen molar-refractivity contribution in [2.45, 2.75) is 38.5 Å². The first-order valence-corrected chi connectivity index (χ1v) is 8.36. The van der Waals surface area contributed by atoms with Crippen molar-refractivity contribution < 1.29 is 9.32 Å². The number of halogens is 1. The van der Waals surface area contributed by atoms with Crippen LogP contribution < -0.4 is 5.56 Å². The zero-order valence-electron chi connectivity index (χ0n) is 13.4. The molecule has 0 bridgehead atoms. The number of nitrogens with one attached hydrogen (secondary N) is 1. The third-order valence-corrected chi connectivity index (χ3v) is 4.37. The van der Waals surface area contributed by atoms with Gasteiger partial charge in [0.2, 0.25) is 5.91 Å². The maximum Gasteiger partial charge on any atom is 0.251 e. The molecule has 1 aliphatic heterocycles. The van der Waals surface area contributed by atoms with E-state index in [-0.39, 0.29) is 17.4 Å². The molecule has 2 aromatic rings. The Kier molecular flexibility index (Phi) is 4.99. The lowest BCUT2D eigenvalue weighted by Gasteiger charge is -2.32. The Morgan fingerprint density at radius 3 is 3.04 bits per heavy atom. The number of aromatic nitrogens is 3. The number of carbonyl (C=O) groups is 1. The van der Waals surface area contributed by atoms with Crippen LogP contribution in [0.15, 0.2) is 21.5 Å². The molecule has 3 rings (SSSR count). The number of hydrogen-bond acceptors (Lipinski definition) is 5. The molecule has 1 amide bonds. The molecule has 1 aliphatic rings. The number of amides is 1. The monoisotopic (exact) mass is 350 g/mol. The molecule has 24 heavy (non-hydrogen) atoms. The van der Waals surface area contributed by atoms with E-state index < -0.39 is 0 Å². The molecule has 0 aromatic carbocycles. The smallest absolute Gasteiger partial charge is 0.251 e. The van der Waals surface area contributed by atoms with Gasteiger partial charge in [0.05, 0.1) is 5.69 Å². The first-order valence-electron chi connectivity index (χ1n) is 7.98. The van der Waals surface area contributed by atoms with Gasteiger partial charge >= 0.3 is 0 Å². The maximum atomic E-state index is 12.4. The van der Waals surface area contributed by atoms with E-state index in [9.17, 15) is 9.59 Å². The van der Waals surface area contributed by atoms with Gasteiger partial charge in [-0.2, -0.15) is 0 Å². The number of carbonyl (C=O) groups excluding carboxylic acids is 1. The Bertz CT molecular complexity index is 786. The second kappa shape index (κ2) is 7.17. The summed E-state index contributed by atoms with van der Waals surface area (Å²) in [5.41, 5.74) is 0.610. The van der Waals surface area contributed by atoms with Crippen molar-refractivity contribution >= 4 is 17.5 Å². The molecule has 1 atom stereocenters. The summed E-state index contributed by atoms with van der Waals surface area (Å²) in [7, 11) is 0. The van der Waals surface area contributed by atoms with Crippen molar-refractivity contribution in [3.8, 4) is 0 Å². The van der Waals surface area contributed by atoms with Gasteiger partial charge in [-0.05, 0) is 19.8 Å². The van der Waals surface area contributed by atoms with Gasteiger partial charge in [0.25, 0.3) is 5.56 Å². The van der Waals surface area contributed by atoms with Crippen molar-refractivity contribution in [1.29, 1.82) is 0 Å². The summed E-state index contributed by atoms with van der Waals surface area (Å²) in [5, 5.41) is 3.90. The van der Waals surface area contributed by atoms with Crippen molar-refractivity contribution in [3.63, 3.8) is 0 Å². The van der Waals surface area contributed by atoms with Gasteiger partial charge in [0.15, 0.2) is 5.15 Å². The summed E-state index contributed by atoms with van der Waals surface area (Å²) in [4.78, 5) is 33.0. The number of H-pyrrole nitrogens is 1. The topological polar surface area (TPSA) is 92.1 Å². The third kappa shape index (κ3) is 4.03. The van der Waals surface area contributed by atoms with Crippen molar-refractivity contribution in [2.75, 3.05) is 13.1 Å². The molecule has 1 saturated heterocycles. The molecule has 128 valence electrons. The predicted octanol–water partition coefficient (Wildman–Crippen LogP) is 2.06. The van der Waals surface area contributed by atoms with Crippen LogP contribution in [0.25, 0.3) is 0 Å². The molecule has 0 radical (unpaired) electrons. The first kappa shape index (κ1) is 16.7. The molecule has 1 fully saturated rings. The van der Waals surface area contributed by atoms with E-state index >= 15 is 0 Å². The molecule has 8 heteroatoms. The van der Waals surface area contributed by atoms with E-state index in [0.717, 1.165) is 25.1 Å². The first-order chi connectivity index (χ1) is 11.5. The Balaban J connectivity index is 1.62. The zero-order valence-corrected chi connectivity index (χ0v) is 14.2. The molecule has 0 unspecified atom stereocenters. The molecule has 0 spiro atoms. The van der Waals surface area contributed by atoms with Crippen LogP contribution in [0.4, 0.5) is 0 Å². The van der Waals surface area contributed by atoms with E-state index in [0.29, 0.717) is 36.1 Å². The average molecular weight is 351 g/mol. The minimum atomic E-state index is -0.150. The molecular formula is C16H19ClN4O3. The van der Waals surface area contributed by atoms with Crippen LogP contribution in [0.5, 0.6) is 0 Å². The highest BCUT2D eigenvalue weighted by Crippen LogP contribution is 2.25. The lowest BCUT2D eigenvalue weighted by Crippen LogP contribution is -2.39. The van der Waals surface area contributed by atoms with Crippen LogP contribution in [-0.2, 0) is 11.2 Å². The van der Waals surface area contributed by atoms with Crippen LogP contribution in [0.2, 0.25) is 5.15 Å². The summed E-state index contributed by atoms with van der Waals surface area (Å²) < 4.78 is 5.02. The number of piperidine rings is 1. The minimum absolute atomic E-state index is 0.0637. The van der Waals surface area contributed by atoms with E-state index in [4.69, 9.17) is 16.1 Å². The molecule has 7 nitrogen and oxygen atoms in total. The summed E-state index contributed by atoms with van der Waals surface area (Å²) >= 11 is 5.70. The lowest BCUT2D eigenvalue weighted by atomic mass is 9.94. The third-order valence-electron chi connectivity index (χ3n) is 4.19. The fourth-order valence-corrected chi connectivity index (χ4v) is 3.21. The van der Waals surface area contributed by atoms with Gasteiger partial charge in [0, 0.05) is 44.0 Å². The van der Waals surface area contributed by atoms with E-state index in [2.05, 4.69) is 15.1 Å². The number of hydrogen-bond donors (Lipinski definition) is 1. The summed E-state index contributed by atoms with van der Waals surface area (Å²) in [5.74, 6) is 1.37. The Labute approximate surface area is 144 Å². The van der Waals surface area contributed by atoms with Crippen molar-refractivity contribution in [1.82, 2.24) is 20.0 Å². The largest absolute Gasteiger partial charge is 0.360 e. The van der Waals surface area contributed by atoms with Gasteiger partial charge < -0.3 is 14.4 Å². The molecule has 0 saturated carbocycles. The molecule has 0 aliphatic carbocycles. The Morgan fingerprint density at radius 1 is 1.50 bits per heavy atom. The van der Waals surface area contributed by atoms with Crippen LogP contribution in [0.1, 0.15) is 42.5 Å². The van der Waals surface area contributed by atoms with Gasteiger partial charge in [-0.25, -0.2) is 4.98 Å². The van der Waals surface area contributed by atoms with Crippen LogP contribution in [0.3, 0.4) is 0 Å². The van der Waals surface area contributed by atoms with Gasteiger partial charge in [-0.1, -0.05) is 16.8 Å². The van der Waals surface area contributed by atoms with E-state index in [1.165, 1.54) is 6.07 Å². The van der Waals surface area contributed by atoms with E-state index in [1.54, 1.807) is 13.0 Å². The van der Waals surface area contributed by atoms with Gasteiger partial charge in [-0.3, -0.25) is 9.59 Å². The van der Waals surface area contributed by atoms with Crippen LogP contribution in [0, 0.1) is 6.92 Å². The normalized spacial score (nSPS) is 17.9. The maximum absolute atomic E-state index is 12.4. The summed E-state index contributed by atoms with van der Waals surface area (Å²) in [6.45, 7) is 3.08.